The Balaban J connectivity index is 2.34. The van der Waals surface area contributed by atoms with E-state index in [0.717, 1.165) is 31.7 Å². The van der Waals surface area contributed by atoms with Gasteiger partial charge in [0.15, 0.2) is 0 Å². The van der Waals surface area contributed by atoms with Gasteiger partial charge in [-0.1, -0.05) is 24.3 Å². The summed E-state index contributed by atoms with van der Waals surface area (Å²) >= 11 is 0. The number of nitrogens with zero attached hydrogens (tertiary/aromatic N) is 1. The van der Waals surface area contributed by atoms with Crippen LogP contribution in [-0.4, -0.2) is 37.3 Å². The number of aliphatic hydroxyl groups excluding tert-OH is 1. The molecule has 1 N–H and O–H groups in total. The van der Waals surface area contributed by atoms with Crippen molar-refractivity contribution >= 4 is 0 Å². The maximum Gasteiger partial charge on any atom is 0.0681 e. The highest BCUT2D eigenvalue weighted by molar-refractivity contribution is 5.21. The summed E-state index contributed by atoms with van der Waals surface area (Å²) < 4.78 is 5.02. The molecule has 0 atom stereocenters. The van der Waals surface area contributed by atoms with Gasteiger partial charge in [0, 0.05) is 26.8 Å². The SMILES string of the molecule is COCCCN(C)Cc1ccc(CO)cc1. The highest BCUT2D eigenvalue weighted by Gasteiger charge is 2.00. The number of methoxy groups -OCH3 is 1. The predicted molar refractivity (Wildman–Crippen MR) is 65.2 cm³/mol. The molecule has 1 aromatic carbocycles. The second kappa shape index (κ2) is 7.39. The molecule has 0 amide bonds. The Bertz CT molecular complexity index is 284. The molecule has 0 spiro atoms. The molecule has 0 unspecified atom stereocenters. The molecule has 0 bridgehead atoms. The minimum Gasteiger partial charge on any atom is -0.392 e. The van der Waals surface area contributed by atoms with E-state index in [4.69, 9.17) is 9.84 Å². The molecule has 0 saturated carbocycles. The summed E-state index contributed by atoms with van der Waals surface area (Å²) in [6.07, 6.45) is 1.06. The van der Waals surface area contributed by atoms with Crippen LogP contribution in [0.3, 0.4) is 0 Å². The third-order valence-electron chi connectivity index (χ3n) is 2.55. The number of rotatable bonds is 7. The molecule has 0 saturated heterocycles. The lowest BCUT2D eigenvalue weighted by Crippen LogP contribution is -2.20. The van der Waals surface area contributed by atoms with E-state index in [9.17, 15) is 0 Å². The fourth-order valence-corrected chi connectivity index (χ4v) is 1.62. The van der Waals surface area contributed by atoms with Crippen LogP contribution in [-0.2, 0) is 17.9 Å². The molecule has 1 aromatic rings. The largest absolute Gasteiger partial charge is 0.392 e. The van der Waals surface area contributed by atoms with E-state index in [-0.39, 0.29) is 6.61 Å². The Morgan fingerprint density at radius 3 is 2.38 bits per heavy atom. The normalized spacial score (nSPS) is 11.0. The summed E-state index contributed by atoms with van der Waals surface area (Å²) in [6.45, 7) is 2.91. The average molecular weight is 223 g/mol. The number of ether oxygens (including phenoxy) is 1. The van der Waals surface area contributed by atoms with E-state index in [1.807, 2.05) is 12.1 Å². The first-order chi connectivity index (χ1) is 7.76. The molecule has 0 aromatic heterocycles. The van der Waals surface area contributed by atoms with Crippen LogP contribution in [0.2, 0.25) is 0 Å². The van der Waals surface area contributed by atoms with Crippen molar-refractivity contribution in [3.8, 4) is 0 Å². The summed E-state index contributed by atoms with van der Waals surface area (Å²) in [5.74, 6) is 0. The maximum absolute atomic E-state index is 8.93. The van der Waals surface area contributed by atoms with Gasteiger partial charge in [0.1, 0.15) is 0 Å². The van der Waals surface area contributed by atoms with Crippen molar-refractivity contribution in [3.05, 3.63) is 35.4 Å². The number of hydrogen-bond donors (Lipinski definition) is 1. The molecule has 0 radical (unpaired) electrons. The topological polar surface area (TPSA) is 32.7 Å². The van der Waals surface area contributed by atoms with Crippen molar-refractivity contribution in [1.29, 1.82) is 0 Å². The summed E-state index contributed by atoms with van der Waals surface area (Å²) in [5.41, 5.74) is 2.24. The Hall–Kier alpha value is -0.900. The van der Waals surface area contributed by atoms with Crippen LogP contribution in [0.5, 0.6) is 0 Å². The van der Waals surface area contributed by atoms with Gasteiger partial charge in [-0.3, -0.25) is 0 Å². The third kappa shape index (κ3) is 4.75. The van der Waals surface area contributed by atoms with Crippen molar-refractivity contribution in [2.24, 2.45) is 0 Å². The molecule has 1 rings (SSSR count). The van der Waals surface area contributed by atoms with Gasteiger partial charge in [-0.15, -0.1) is 0 Å². The number of hydrogen-bond acceptors (Lipinski definition) is 3. The van der Waals surface area contributed by atoms with Crippen LogP contribution in [0.4, 0.5) is 0 Å². The van der Waals surface area contributed by atoms with Crippen molar-refractivity contribution in [2.75, 3.05) is 27.3 Å². The minimum atomic E-state index is 0.115. The van der Waals surface area contributed by atoms with E-state index in [2.05, 4.69) is 24.1 Å². The first-order valence-corrected chi connectivity index (χ1v) is 5.62. The van der Waals surface area contributed by atoms with E-state index in [1.165, 1.54) is 5.56 Å². The fourth-order valence-electron chi connectivity index (χ4n) is 1.62. The second-order valence-electron chi connectivity index (χ2n) is 4.06. The van der Waals surface area contributed by atoms with Gasteiger partial charge in [-0.2, -0.15) is 0 Å². The second-order valence-corrected chi connectivity index (χ2v) is 4.06. The summed E-state index contributed by atoms with van der Waals surface area (Å²) in [5, 5.41) is 8.93. The zero-order chi connectivity index (χ0) is 11.8. The van der Waals surface area contributed by atoms with Gasteiger partial charge in [0.05, 0.1) is 6.61 Å². The van der Waals surface area contributed by atoms with Crippen LogP contribution >= 0.6 is 0 Å². The average Bonchev–Trinajstić information content (AvgIpc) is 2.30. The Kier molecular flexibility index (Phi) is 6.08. The lowest BCUT2D eigenvalue weighted by atomic mass is 10.1. The van der Waals surface area contributed by atoms with E-state index < -0.39 is 0 Å². The molecule has 0 aliphatic rings. The standard InChI is InChI=1S/C13H21NO2/c1-14(8-3-9-16-2)10-12-4-6-13(11-15)7-5-12/h4-7,15H,3,8-11H2,1-2H3. The third-order valence-corrected chi connectivity index (χ3v) is 2.55. The van der Waals surface area contributed by atoms with E-state index in [1.54, 1.807) is 7.11 Å². The quantitative estimate of drug-likeness (QED) is 0.713. The van der Waals surface area contributed by atoms with Gasteiger partial charge in [0.25, 0.3) is 0 Å². The summed E-state index contributed by atoms with van der Waals surface area (Å²) in [7, 11) is 3.84. The molecule has 0 heterocycles. The smallest absolute Gasteiger partial charge is 0.0681 e. The zero-order valence-electron chi connectivity index (χ0n) is 10.1. The molecule has 0 aliphatic carbocycles. The van der Waals surface area contributed by atoms with Crippen molar-refractivity contribution in [1.82, 2.24) is 4.90 Å². The van der Waals surface area contributed by atoms with Gasteiger partial charge in [-0.25, -0.2) is 0 Å². The number of aliphatic hydroxyl groups is 1. The maximum atomic E-state index is 8.93. The van der Waals surface area contributed by atoms with Crippen molar-refractivity contribution in [3.63, 3.8) is 0 Å². The van der Waals surface area contributed by atoms with Crippen LogP contribution in [0.15, 0.2) is 24.3 Å². The Morgan fingerprint density at radius 1 is 1.19 bits per heavy atom. The molecular formula is C13H21NO2. The van der Waals surface area contributed by atoms with Gasteiger partial charge in [-0.05, 0) is 24.6 Å². The van der Waals surface area contributed by atoms with Crippen molar-refractivity contribution < 1.29 is 9.84 Å². The highest BCUT2D eigenvalue weighted by atomic mass is 16.5. The number of benzene rings is 1. The molecule has 0 fully saturated rings. The van der Waals surface area contributed by atoms with Crippen LogP contribution < -0.4 is 0 Å². The lowest BCUT2D eigenvalue weighted by Gasteiger charge is -2.16. The molecule has 0 aliphatic heterocycles. The molecule has 3 heteroatoms. The molecule has 90 valence electrons. The van der Waals surface area contributed by atoms with Gasteiger partial charge >= 0.3 is 0 Å². The van der Waals surface area contributed by atoms with Crippen LogP contribution in [0, 0.1) is 0 Å². The van der Waals surface area contributed by atoms with Gasteiger partial charge in [0.2, 0.25) is 0 Å². The molecule has 3 nitrogen and oxygen atoms in total. The summed E-state index contributed by atoms with van der Waals surface area (Å²) in [4.78, 5) is 2.27. The lowest BCUT2D eigenvalue weighted by molar-refractivity contribution is 0.178. The van der Waals surface area contributed by atoms with Gasteiger partial charge < -0.3 is 14.7 Å². The van der Waals surface area contributed by atoms with Crippen LogP contribution in [0.1, 0.15) is 17.5 Å². The molecule has 16 heavy (non-hydrogen) atoms. The minimum absolute atomic E-state index is 0.115. The Labute approximate surface area is 97.7 Å². The summed E-state index contributed by atoms with van der Waals surface area (Å²) in [6, 6.07) is 8.08. The zero-order valence-corrected chi connectivity index (χ0v) is 10.1. The monoisotopic (exact) mass is 223 g/mol. The fraction of sp³-hybridized carbons (Fsp3) is 0.538. The van der Waals surface area contributed by atoms with E-state index in [0.29, 0.717) is 0 Å². The van der Waals surface area contributed by atoms with E-state index >= 15 is 0 Å². The van der Waals surface area contributed by atoms with Crippen molar-refractivity contribution in [2.45, 2.75) is 19.6 Å². The highest BCUT2D eigenvalue weighted by Crippen LogP contribution is 2.06. The first-order valence-electron chi connectivity index (χ1n) is 5.62. The molecular weight excluding hydrogens is 202 g/mol. The van der Waals surface area contributed by atoms with Crippen LogP contribution in [0.25, 0.3) is 0 Å². The predicted octanol–water partition coefficient (Wildman–Crippen LogP) is 1.65. The Morgan fingerprint density at radius 2 is 1.81 bits per heavy atom. The first kappa shape index (κ1) is 13.2.